The number of carbonyl (C=O) groups excluding carboxylic acids is 1. The average molecular weight is 208 g/mol. The van der Waals surface area contributed by atoms with Crippen LogP contribution in [-0.4, -0.2) is 39.2 Å². The highest BCUT2D eigenvalue weighted by Gasteiger charge is 2.38. The third-order valence-electron chi connectivity index (χ3n) is 2.86. The number of rotatable bonds is 1. The van der Waals surface area contributed by atoms with Crippen molar-refractivity contribution < 1.29 is 4.79 Å². The van der Waals surface area contributed by atoms with Crippen LogP contribution in [-0.2, 0) is 7.05 Å². The van der Waals surface area contributed by atoms with Gasteiger partial charge < -0.3 is 10.6 Å². The summed E-state index contributed by atoms with van der Waals surface area (Å²) in [4.78, 5) is 13.7. The molecular formula is C10H16N4O. The molecule has 0 aliphatic carbocycles. The van der Waals surface area contributed by atoms with Gasteiger partial charge in [0.05, 0.1) is 11.8 Å². The Hall–Kier alpha value is -1.36. The minimum atomic E-state index is -0.216. The van der Waals surface area contributed by atoms with E-state index in [9.17, 15) is 4.79 Å². The van der Waals surface area contributed by atoms with Crippen LogP contribution < -0.4 is 5.73 Å². The number of aromatic nitrogens is 2. The highest BCUT2D eigenvalue weighted by Crippen LogP contribution is 2.20. The minimum absolute atomic E-state index is 0.0310. The standard InChI is InChI=1S/C10H16N4O/c1-7-8(4-12-13(7)3)9(15)14-5-10(2,11)6-14/h4H,5-6,11H2,1-3H3. The predicted molar refractivity (Wildman–Crippen MR) is 56.4 cm³/mol. The van der Waals surface area contributed by atoms with Crippen LogP contribution in [0.1, 0.15) is 23.0 Å². The number of nitrogens with zero attached hydrogens (tertiary/aromatic N) is 3. The zero-order valence-electron chi connectivity index (χ0n) is 9.32. The fourth-order valence-electron chi connectivity index (χ4n) is 1.85. The van der Waals surface area contributed by atoms with Crippen molar-refractivity contribution in [3.05, 3.63) is 17.5 Å². The monoisotopic (exact) mass is 208 g/mol. The summed E-state index contributed by atoms with van der Waals surface area (Å²) in [6.07, 6.45) is 1.61. The van der Waals surface area contributed by atoms with Gasteiger partial charge in [0.25, 0.3) is 5.91 Å². The van der Waals surface area contributed by atoms with Crippen LogP contribution in [0.25, 0.3) is 0 Å². The number of hydrogen-bond acceptors (Lipinski definition) is 3. The number of carbonyl (C=O) groups is 1. The van der Waals surface area contributed by atoms with Gasteiger partial charge in [-0.05, 0) is 13.8 Å². The molecule has 82 valence electrons. The fourth-order valence-corrected chi connectivity index (χ4v) is 1.85. The van der Waals surface area contributed by atoms with Crippen molar-refractivity contribution in [1.29, 1.82) is 0 Å². The first kappa shape index (κ1) is 10.2. The molecule has 0 atom stereocenters. The molecule has 1 aliphatic rings. The number of aryl methyl sites for hydroxylation is 1. The smallest absolute Gasteiger partial charge is 0.257 e. The first-order valence-electron chi connectivity index (χ1n) is 4.97. The number of amides is 1. The third kappa shape index (κ3) is 1.63. The predicted octanol–water partition coefficient (Wildman–Crippen LogP) is -0.0983. The lowest BCUT2D eigenvalue weighted by Crippen LogP contribution is -2.66. The van der Waals surface area contributed by atoms with Crippen LogP contribution in [0.5, 0.6) is 0 Å². The van der Waals surface area contributed by atoms with Gasteiger partial charge in [-0.2, -0.15) is 5.10 Å². The molecule has 15 heavy (non-hydrogen) atoms. The Balaban J connectivity index is 2.13. The molecule has 0 unspecified atom stereocenters. The van der Waals surface area contributed by atoms with E-state index < -0.39 is 0 Å². The Morgan fingerprint density at radius 1 is 1.60 bits per heavy atom. The Kier molecular flexibility index (Phi) is 2.08. The molecule has 1 aromatic heterocycles. The van der Waals surface area contributed by atoms with E-state index in [0.29, 0.717) is 18.7 Å². The van der Waals surface area contributed by atoms with Gasteiger partial charge >= 0.3 is 0 Å². The molecule has 0 bridgehead atoms. The van der Waals surface area contributed by atoms with Crippen LogP contribution in [0.15, 0.2) is 6.20 Å². The molecule has 1 fully saturated rings. The van der Waals surface area contributed by atoms with Crippen LogP contribution in [0.4, 0.5) is 0 Å². The highest BCUT2D eigenvalue weighted by molar-refractivity contribution is 5.95. The Labute approximate surface area is 88.8 Å². The summed E-state index contributed by atoms with van der Waals surface area (Å²) in [5, 5.41) is 4.05. The highest BCUT2D eigenvalue weighted by atomic mass is 16.2. The Bertz CT molecular complexity index is 400. The maximum absolute atomic E-state index is 12.0. The van der Waals surface area contributed by atoms with Crippen LogP contribution in [0.2, 0.25) is 0 Å². The Morgan fingerprint density at radius 2 is 2.20 bits per heavy atom. The van der Waals surface area contributed by atoms with E-state index in [-0.39, 0.29) is 11.4 Å². The third-order valence-corrected chi connectivity index (χ3v) is 2.86. The molecule has 1 saturated heterocycles. The molecule has 5 heteroatoms. The van der Waals surface area contributed by atoms with Gasteiger partial charge in [0.15, 0.2) is 0 Å². The van der Waals surface area contributed by atoms with Crippen molar-refractivity contribution in [1.82, 2.24) is 14.7 Å². The number of likely N-dealkylation sites (tertiary alicyclic amines) is 1. The van der Waals surface area contributed by atoms with Crippen LogP contribution in [0.3, 0.4) is 0 Å². The van der Waals surface area contributed by atoms with Crippen molar-refractivity contribution in [2.45, 2.75) is 19.4 Å². The lowest BCUT2D eigenvalue weighted by molar-refractivity contribution is 0.0453. The minimum Gasteiger partial charge on any atom is -0.335 e. The van der Waals surface area contributed by atoms with Crippen LogP contribution in [0, 0.1) is 6.92 Å². The van der Waals surface area contributed by atoms with Gasteiger partial charge in [0.1, 0.15) is 0 Å². The summed E-state index contributed by atoms with van der Waals surface area (Å²) in [7, 11) is 1.83. The normalized spacial score (nSPS) is 18.8. The van der Waals surface area contributed by atoms with E-state index in [2.05, 4.69) is 5.10 Å². The molecule has 0 saturated carbocycles. The summed E-state index contributed by atoms with van der Waals surface area (Å²) in [6, 6.07) is 0. The molecule has 5 nitrogen and oxygen atoms in total. The number of hydrogen-bond donors (Lipinski definition) is 1. The van der Waals surface area contributed by atoms with Gasteiger partial charge in [-0.25, -0.2) is 0 Å². The zero-order valence-corrected chi connectivity index (χ0v) is 9.32. The largest absolute Gasteiger partial charge is 0.335 e. The van der Waals surface area contributed by atoms with E-state index in [1.807, 2.05) is 20.9 Å². The molecular weight excluding hydrogens is 192 g/mol. The van der Waals surface area contributed by atoms with Crippen molar-refractivity contribution in [2.24, 2.45) is 12.8 Å². The Morgan fingerprint density at radius 3 is 2.60 bits per heavy atom. The second kappa shape index (κ2) is 3.06. The molecule has 1 aromatic rings. The maximum Gasteiger partial charge on any atom is 0.257 e. The molecule has 1 aliphatic heterocycles. The summed E-state index contributed by atoms with van der Waals surface area (Å²) in [6.45, 7) is 5.09. The van der Waals surface area contributed by atoms with E-state index in [0.717, 1.165) is 5.69 Å². The summed E-state index contributed by atoms with van der Waals surface area (Å²) in [5.74, 6) is 0.0310. The van der Waals surface area contributed by atoms with Crippen molar-refractivity contribution in [3.8, 4) is 0 Å². The summed E-state index contributed by atoms with van der Waals surface area (Å²) >= 11 is 0. The second-order valence-electron chi connectivity index (χ2n) is 4.58. The average Bonchev–Trinajstić information content (AvgIpc) is 2.43. The quantitative estimate of drug-likeness (QED) is 0.701. The number of nitrogens with two attached hydrogens (primary N) is 1. The van der Waals surface area contributed by atoms with Crippen LogP contribution >= 0.6 is 0 Å². The molecule has 0 aromatic carbocycles. The van der Waals surface area contributed by atoms with E-state index in [1.54, 1.807) is 15.8 Å². The van der Waals surface area contributed by atoms with E-state index >= 15 is 0 Å². The van der Waals surface area contributed by atoms with Crippen molar-refractivity contribution in [2.75, 3.05) is 13.1 Å². The molecule has 0 spiro atoms. The lowest BCUT2D eigenvalue weighted by atomic mass is 9.93. The zero-order chi connectivity index (χ0) is 11.2. The van der Waals surface area contributed by atoms with Gasteiger partial charge in [-0.1, -0.05) is 0 Å². The summed E-state index contributed by atoms with van der Waals surface area (Å²) < 4.78 is 1.70. The van der Waals surface area contributed by atoms with Gasteiger partial charge in [0.2, 0.25) is 0 Å². The van der Waals surface area contributed by atoms with E-state index in [1.165, 1.54) is 0 Å². The first-order valence-corrected chi connectivity index (χ1v) is 4.97. The molecule has 1 amide bonds. The fraction of sp³-hybridized carbons (Fsp3) is 0.600. The first-order chi connectivity index (χ1) is 6.91. The molecule has 2 N–H and O–H groups in total. The maximum atomic E-state index is 12.0. The van der Waals surface area contributed by atoms with Gasteiger partial charge in [-0.3, -0.25) is 9.48 Å². The van der Waals surface area contributed by atoms with E-state index in [4.69, 9.17) is 5.73 Å². The van der Waals surface area contributed by atoms with Crippen molar-refractivity contribution >= 4 is 5.91 Å². The topological polar surface area (TPSA) is 64.2 Å². The summed E-state index contributed by atoms with van der Waals surface area (Å²) in [5.41, 5.74) is 7.21. The molecule has 2 heterocycles. The second-order valence-corrected chi connectivity index (χ2v) is 4.58. The lowest BCUT2D eigenvalue weighted by Gasteiger charge is -2.45. The van der Waals surface area contributed by atoms with Gasteiger partial charge in [-0.15, -0.1) is 0 Å². The SMILES string of the molecule is Cc1c(C(=O)N2CC(C)(N)C2)cnn1C. The molecule has 2 rings (SSSR count). The van der Waals surface area contributed by atoms with Crippen molar-refractivity contribution in [3.63, 3.8) is 0 Å². The molecule has 0 radical (unpaired) electrons. The van der Waals surface area contributed by atoms with Gasteiger partial charge in [0, 0.05) is 31.4 Å².